The van der Waals surface area contributed by atoms with Crippen molar-refractivity contribution in [3.05, 3.63) is 22.4 Å². The fourth-order valence-electron chi connectivity index (χ4n) is 2.17. The minimum absolute atomic E-state index is 0.0694. The second kappa shape index (κ2) is 6.76. The summed E-state index contributed by atoms with van der Waals surface area (Å²) in [6.45, 7) is 3.37. The molecule has 1 aromatic heterocycles. The smallest absolute Gasteiger partial charge is 0.475 e. The van der Waals surface area contributed by atoms with Crippen LogP contribution in [0.5, 0.6) is 0 Å². The van der Waals surface area contributed by atoms with Crippen molar-refractivity contribution in [3.63, 3.8) is 0 Å². The van der Waals surface area contributed by atoms with E-state index in [2.05, 4.69) is 36.4 Å². The van der Waals surface area contributed by atoms with Gasteiger partial charge in [-0.1, -0.05) is 6.07 Å². The van der Waals surface area contributed by atoms with Crippen LogP contribution in [0.15, 0.2) is 17.5 Å². The molecule has 0 radical (unpaired) electrons. The van der Waals surface area contributed by atoms with Crippen LogP contribution in [0.2, 0.25) is 0 Å². The average Bonchev–Trinajstić information content (AvgIpc) is 2.88. The van der Waals surface area contributed by atoms with Gasteiger partial charge in [0.1, 0.15) is 0 Å². The number of aliphatic carboxylic acids is 1. The van der Waals surface area contributed by atoms with Gasteiger partial charge in [0.05, 0.1) is 5.54 Å². The van der Waals surface area contributed by atoms with E-state index in [1.165, 1.54) is 4.88 Å². The molecule has 1 saturated heterocycles. The van der Waals surface area contributed by atoms with Crippen LogP contribution in [0.25, 0.3) is 0 Å². The van der Waals surface area contributed by atoms with Gasteiger partial charge in [-0.15, -0.1) is 11.3 Å². The van der Waals surface area contributed by atoms with E-state index in [9.17, 15) is 13.2 Å². The van der Waals surface area contributed by atoms with Gasteiger partial charge in [-0.05, 0) is 38.3 Å². The Morgan fingerprint density at radius 1 is 1.57 bits per heavy atom. The lowest BCUT2D eigenvalue weighted by atomic mass is 9.83. The number of carboxylic acid groups (broad SMARTS) is 1. The second-order valence-corrected chi connectivity index (χ2v) is 6.17. The number of thiophene rings is 1. The molecular formula is C13H19F3N2O2S. The van der Waals surface area contributed by atoms with Crippen LogP contribution in [0.3, 0.4) is 0 Å². The number of nitrogens with two attached hydrogens (primary N) is 1. The predicted molar refractivity (Wildman–Crippen MR) is 75.2 cm³/mol. The third kappa shape index (κ3) is 4.98. The lowest BCUT2D eigenvalue weighted by Crippen LogP contribution is -2.50. The maximum atomic E-state index is 10.6. The molecular weight excluding hydrogens is 305 g/mol. The van der Waals surface area contributed by atoms with Crippen LogP contribution in [-0.4, -0.2) is 41.8 Å². The zero-order valence-corrected chi connectivity index (χ0v) is 12.7. The first-order valence-electron chi connectivity index (χ1n) is 6.39. The van der Waals surface area contributed by atoms with E-state index in [0.29, 0.717) is 6.04 Å². The van der Waals surface area contributed by atoms with Gasteiger partial charge in [0.25, 0.3) is 0 Å². The van der Waals surface area contributed by atoms with Crippen LogP contribution >= 0.6 is 11.3 Å². The minimum Gasteiger partial charge on any atom is -0.475 e. The van der Waals surface area contributed by atoms with Crippen molar-refractivity contribution in [2.75, 3.05) is 13.6 Å². The van der Waals surface area contributed by atoms with Gasteiger partial charge < -0.3 is 15.7 Å². The average molecular weight is 324 g/mol. The number of carboxylic acids is 1. The van der Waals surface area contributed by atoms with Gasteiger partial charge in [0.15, 0.2) is 0 Å². The van der Waals surface area contributed by atoms with Crippen LogP contribution in [0.1, 0.15) is 24.6 Å². The summed E-state index contributed by atoms with van der Waals surface area (Å²) in [5.74, 6) is -2.76. The number of nitrogens with zero attached hydrogens (tertiary/aromatic N) is 1. The highest BCUT2D eigenvalue weighted by Crippen LogP contribution is 2.35. The number of rotatable bonds is 1. The van der Waals surface area contributed by atoms with E-state index >= 15 is 0 Å². The number of hydrogen-bond acceptors (Lipinski definition) is 4. The third-order valence-corrected chi connectivity index (χ3v) is 4.67. The second-order valence-electron chi connectivity index (χ2n) is 5.22. The topological polar surface area (TPSA) is 66.6 Å². The van der Waals surface area contributed by atoms with Gasteiger partial charge >= 0.3 is 12.1 Å². The molecule has 4 nitrogen and oxygen atoms in total. The van der Waals surface area contributed by atoms with Crippen LogP contribution in [-0.2, 0) is 10.3 Å². The summed E-state index contributed by atoms with van der Waals surface area (Å²) in [7, 11) is 2.18. The Hall–Kier alpha value is -1.12. The van der Waals surface area contributed by atoms with Crippen molar-refractivity contribution in [1.82, 2.24) is 4.90 Å². The number of halogens is 3. The molecule has 2 atom stereocenters. The molecule has 21 heavy (non-hydrogen) atoms. The Bertz CT molecular complexity index is 464. The first-order chi connectivity index (χ1) is 9.56. The van der Waals surface area contributed by atoms with E-state index in [-0.39, 0.29) is 5.54 Å². The van der Waals surface area contributed by atoms with Crippen LogP contribution < -0.4 is 5.73 Å². The maximum absolute atomic E-state index is 10.6. The van der Waals surface area contributed by atoms with E-state index < -0.39 is 12.1 Å². The summed E-state index contributed by atoms with van der Waals surface area (Å²) in [6, 6.07) is 4.86. The lowest BCUT2D eigenvalue weighted by Gasteiger charge is -2.41. The predicted octanol–water partition coefficient (Wildman–Crippen LogP) is 2.65. The van der Waals surface area contributed by atoms with Crippen molar-refractivity contribution in [3.8, 4) is 0 Å². The number of carbonyl (C=O) groups is 1. The molecule has 1 fully saturated rings. The molecule has 1 aliphatic heterocycles. The van der Waals surface area contributed by atoms with Gasteiger partial charge in [-0.2, -0.15) is 13.2 Å². The maximum Gasteiger partial charge on any atom is 0.490 e. The van der Waals surface area contributed by atoms with Crippen molar-refractivity contribution in [1.29, 1.82) is 0 Å². The molecule has 120 valence electrons. The number of piperidine rings is 1. The standard InChI is InChI=1S/C11H18N2S.C2HF3O2/c1-9-8-11(12,5-6-13(9)2)10-4-3-7-14-10;3-2(4,5)1(6)7/h3-4,7,9H,5-6,8,12H2,1-2H3;(H,6,7). The van der Waals surface area contributed by atoms with Crippen LogP contribution in [0.4, 0.5) is 13.2 Å². The molecule has 8 heteroatoms. The molecule has 1 aliphatic rings. The van der Waals surface area contributed by atoms with Gasteiger partial charge in [0, 0.05) is 17.5 Å². The van der Waals surface area contributed by atoms with Crippen molar-refractivity contribution in [2.24, 2.45) is 5.73 Å². The SMILES string of the molecule is CC1CC(N)(c2cccs2)CCN1C.O=C(O)C(F)(F)F. The summed E-state index contributed by atoms with van der Waals surface area (Å²) in [5, 5.41) is 9.24. The Morgan fingerprint density at radius 3 is 2.52 bits per heavy atom. The molecule has 3 N–H and O–H groups in total. The van der Waals surface area contributed by atoms with Crippen molar-refractivity contribution >= 4 is 17.3 Å². The van der Waals surface area contributed by atoms with E-state index in [4.69, 9.17) is 15.6 Å². The molecule has 2 unspecified atom stereocenters. The van der Waals surface area contributed by atoms with Gasteiger partial charge in [-0.3, -0.25) is 0 Å². The molecule has 2 rings (SSSR count). The zero-order valence-electron chi connectivity index (χ0n) is 11.9. The first kappa shape index (κ1) is 17.9. The summed E-state index contributed by atoms with van der Waals surface area (Å²) in [4.78, 5) is 12.6. The fourth-order valence-corrected chi connectivity index (χ4v) is 3.05. The zero-order chi connectivity index (χ0) is 16.3. The van der Waals surface area contributed by atoms with E-state index in [1.807, 2.05) is 0 Å². The number of hydrogen-bond donors (Lipinski definition) is 2. The van der Waals surface area contributed by atoms with Crippen LogP contribution in [0, 0.1) is 0 Å². The Balaban J connectivity index is 0.000000270. The summed E-state index contributed by atoms with van der Waals surface area (Å²) in [6.07, 6.45) is -2.93. The molecule has 0 spiro atoms. The summed E-state index contributed by atoms with van der Waals surface area (Å²) >= 11 is 1.79. The van der Waals surface area contributed by atoms with Crippen molar-refractivity contribution in [2.45, 2.75) is 37.5 Å². The number of likely N-dealkylation sites (tertiary alicyclic amines) is 1. The van der Waals surface area contributed by atoms with Gasteiger partial charge in [0.2, 0.25) is 0 Å². The first-order valence-corrected chi connectivity index (χ1v) is 7.27. The molecule has 0 amide bonds. The monoisotopic (exact) mass is 324 g/mol. The fraction of sp³-hybridized carbons (Fsp3) is 0.615. The Kier molecular flexibility index (Phi) is 5.77. The number of alkyl halides is 3. The highest BCUT2D eigenvalue weighted by atomic mass is 32.1. The molecule has 1 aromatic rings. The highest BCUT2D eigenvalue weighted by molar-refractivity contribution is 7.10. The normalized spacial score (nSPS) is 26.9. The summed E-state index contributed by atoms with van der Waals surface area (Å²) in [5.41, 5.74) is 6.39. The van der Waals surface area contributed by atoms with Crippen molar-refractivity contribution < 1.29 is 23.1 Å². The molecule has 0 aliphatic carbocycles. The Labute approximate surface area is 125 Å². The lowest BCUT2D eigenvalue weighted by molar-refractivity contribution is -0.192. The minimum atomic E-state index is -5.08. The molecule has 0 bridgehead atoms. The molecule has 0 aromatic carbocycles. The summed E-state index contributed by atoms with van der Waals surface area (Å²) < 4.78 is 31.7. The van der Waals surface area contributed by atoms with E-state index in [1.54, 1.807) is 11.3 Å². The molecule has 0 saturated carbocycles. The highest BCUT2D eigenvalue weighted by Gasteiger charge is 2.38. The van der Waals surface area contributed by atoms with E-state index in [0.717, 1.165) is 19.4 Å². The largest absolute Gasteiger partial charge is 0.490 e. The third-order valence-electron chi connectivity index (χ3n) is 3.58. The van der Waals surface area contributed by atoms with Gasteiger partial charge in [-0.25, -0.2) is 4.79 Å². The molecule has 2 heterocycles. The Morgan fingerprint density at radius 2 is 2.14 bits per heavy atom. The quantitative estimate of drug-likeness (QED) is 0.833.